The Morgan fingerprint density at radius 3 is 1.89 bits per heavy atom. The number of aryl methyl sites for hydroxylation is 5. The number of fused-ring (bicyclic) bond motifs is 1. The summed E-state index contributed by atoms with van der Waals surface area (Å²) in [5.74, 6) is -0.0499. The molecule has 0 radical (unpaired) electrons. The Morgan fingerprint density at radius 1 is 0.657 bits per heavy atom. The molecule has 0 aliphatic rings. The minimum atomic E-state index is -4.37. The topological polar surface area (TPSA) is 9.23 Å². The molecule has 1 nitrogen and oxygen atoms in total. The maximum absolute atomic E-state index is 15.2. The van der Waals surface area contributed by atoms with E-state index in [9.17, 15) is 13.2 Å². The van der Waals surface area contributed by atoms with Crippen LogP contribution in [0.25, 0.3) is 10.8 Å². The Labute approximate surface area is 203 Å². The van der Waals surface area contributed by atoms with Crippen LogP contribution >= 0.6 is 0 Å². The van der Waals surface area contributed by atoms with E-state index in [1.165, 1.54) is 28.8 Å². The highest BCUT2D eigenvalue weighted by Gasteiger charge is 2.28. The number of hydrogen-bond donors (Lipinski definition) is 0. The van der Waals surface area contributed by atoms with Crippen molar-refractivity contribution in [1.29, 1.82) is 0 Å². The largest absolute Gasteiger partial charge is 0.484 e. The van der Waals surface area contributed by atoms with E-state index in [1.54, 1.807) is 12.1 Å². The van der Waals surface area contributed by atoms with Crippen molar-refractivity contribution in [3.63, 3.8) is 0 Å². The van der Waals surface area contributed by atoms with Crippen molar-refractivity contribution in [3.8, 4) is 5.75 Å². The Kier molecular flexibility index (Phi) is 7.74. The highest BCUT2D eigenvalue weighted by molar-refractivity contribution is 5.84. The van der Waals surface area contributed by atoms with Crippen LogP contribution in [0.15, 0.2) is 78.9 Å². The maximum atomic E-state index is 15.2. The number of benzene rings is 4. The van der Waals surface area contributed by atoms with Crippen molar-refractivity contribution in [3.05, 3.63) is 112 Å². The Bertz CT molecular complexity index is 1260. The second kappa shape index (κ2) is 10.9. The second-order valence-corrected chi connectivity index (χ2v) is 8.81. The van der Waals surface area contributed by atoms with Crippen LogP contribution < -0.4 is 4.74 Å². The molecule has 0 spiro atoms. The van der Waals surface area contributed by atoms with E-state index in [2.05, 4.69) is 37.3 Å². The number of ether oxygens (including phenoxy) is 1. The highest BCUT2D eigenvalue weighted by Crippen LogP contribution is 2.25. The van der Waals surface area contributed by atoms with Crippen molar-refractivity contribution in [1.82, 2.24) is 0 Å². The lowest BCUT2D eigenvalue weighted by atomic mass is 9.97. The molecular formula is C30H28F4O. The monoisotopic (exact) mass is 480 g/mol. The van der Waals surface area contributed by atoms with Crippen molar-refractivity contribution in [2.75, 3.05) is 6.61 Å². The molecule has 0 aromatic heterocycles. The molecule has 0 unspecified atom stereocenters. The van der Waals surface area contributed by atoms with E-state index in [0.717, 1.165) is 30.2 Å². The van der Waals surface area contributed by atoms with Gasteiger partial charge in [-0.25, -0.2) is 4.39 Å². The zero-order valence-corrected chi connectivity index (χ0v) is 19.7. The van der Waals surface area contributed by atoms with Crippen molar-refractivity contribution in [2.24, 2.45) is 0 Å². The van der Waals surface area contributed by atoms with Crippen LogP contribution in [0.3, 0.4) is 0 Å². The molecule has 5 heteroatoms. The van der Waals surface area contributed by atoms with Gasteiger partial charge in [-0.05, 0) is 77.4 Å². The fraction of sp³-hybridized carbons (Fsp3) is 0.267. The Hall–Kier alpha value is -3.34. The van der Waals surface area contributed by atoms with Gasteiger partial charge in [0.1, 0.15) is 11.6 Å². The van der Waals surface area contributed by atoms with Gasteiger partial charge in [-0.2, -0.15) is 13.2 Å². The molecule has 35 heavy (non-hydrogen) atoms. The van der Waals surface area contributed by atoms with Gasteiger partial charge in [0, 0.05) is 5.39 Å². The standard InChI is InChI=1S/C30H28F4O/c1-2-21-3-5-22(6-4-21)7-8-24-12-18-28-26(19-24)15-14-25(29(28)31)13-9-23-10-16-27(17-11-23)35-20-30(32,33)34/h3-6,10-12,14-19H,2,7-9,13,20H2,1H3. The van der Waals surface area contributed by atoms with Gasteiger partial charge in [0.25, 0.3) is 0 Å². The van der Waals surface area contributed by atoms with Crippen LogP contribution in [0.1, 0.15) is 34.7 Å². The Morgan fingerprint density at radius 2 is 1.23 bits per heavy atom. The first-order valence-electron chi connectivity index (χ1n) is 11.9. The fourth-order valence-electron chi connectivity index (χ4n) is 4.16. The Balaban J connectivity index is 1.37. The number of halogens is 4. The first-order valence-corrected chi connectivity index (χ1v) is 11.9. The van der Waals surface area contributed by atoms with Crippen molar-refractivity contribution in [2.45, 2.75) is 45.2 Å². The minimum absolute atomic E-state index is 0.164. The van der Waals surface area contributed by atoms with E-state index in [1.807, 2.05) is 24.3 Å². The summed E-state index contributed by atoms with van der Waals surface area (Å²) in [5, 5.41) is 1.49. The first-order chi connectivity index (χ1) is 16.8. The van der Waals surface area contributed by atoms with E-state index in [4.69, 9.17) is 4.74 Å². The molecule has 4 aromatic carbocycles. The van der Waals surface area contributed by atoms with Gasteiger partial charge in [-0.15, -0.1) is 0 Å². The van der Waals surface area contributed by atoms with E-state index < -0.39 is 12.8 Å². The SMILES string of the molecule is CCc1ccc(CCc2ccc3c(F)c(CCc4ccc(OCC(F)(F)F)cc4)ccc3c2)cc1. The average molecular weight is 481 g/mol. The van der Waals surface area contributed by atoms with E-state index in [0.29, 0.717) is 23.8 Å². The molecule has 0 saturated carbocycles. The summed E-state index contributed by atoms with van der Waals surface area (Å²) in [5.41, 5.74) is 5.34. The molecule has 0 fully saturated rings. The molecule has 0 amide bonds. The summed E-state index contributed by atoms with van der Waals surface area (Å²) >= 11 is 0. The maximum Gasteiger partial charge on any atom is 0.422 e. The van der Waals surface area contributed by atoms with Crippen molar-refractivity contribution < 1.29 is 22.3 Å². The molecule has 4 rings (SSSR count). The van der Waals surface area contributed by atoms with Gasteiger partial charge in [0.15, 0.2) is 6.61 Å². The molecule has 0 aliphatic carbocycles. The summed E-state index contributed by atoms with van der Waals surface area (Å²) < 4.78 is 56.7. The van der Waals surface area contributed by atoms with Crippen LogP contribution in [-0.4, -0.2) is 12.8 Å². The summed E-state index contributed by atoms with van der Waals surface area (Å²) in [4.78, 5) is 0. The molecule has 0 N–H and O–H groups in total. The predicted molar refractivity (Wildman–Crippen MR) is 133 cm³/mol. The molecule has 0 saturated heterocycles. The molecule has 0 aliphatic heterocycles. The normalized spacial score (nSPS) is 11.7. The lowest BCUT2D eigenvalue weighted by Gasteiger charge is -2.11. The molecule has 0 heterocycles. The highest BCUT2D eigenvalue weighted by atomic mass is 19.4. The van der Waals surface area contributed by atoms with Crippen LogP contribution in [0.2, 0.25) is 0 Å². The first kappa shape index (κ1) is 24.8. The molecular weight excluding hydrogens is 452 g/mol. The van der Waals surface area contributed by atoms with Gasteiger partial charge < -0.3 is 4.74 Å². The van der Waals surface area contributed by atoms with Crippen LogP contribution in [0, 0.1) is 5.82 Å². The number of rotatable bonds is 9. The predicted octanol–water partition coefficient (Wildman–Crippen LogP) is 8.05. The molecule has 0 bridgehead atoms. The minimum Gasteiger partial charge on any atom is -0.484 e. The van der Waals surface area contributed by atoms with Gasteiger partial charge in [0.05, 0.1) is 0 Å². The number of hydrogen-bond acceptors (Lipinski definition) is 1. The zero-order valence-electron chi connectivity index (χ0n) is 19.7. The third-order valence-corrected chi connectivity index (χ3v) is 6.24. The van der Waals surface area contributed by atoms with Gasteiger partial charge in [0.2, 0.25) is 0 Å². The quantitative estimate of drug-likeness (QED) is 0.220. The zero-order chi connectivity index (χ0) is 24.8. The summed E-state index contributed by atoms with van der Waals surface area (Å²) in [6, 6.07) is 24.8. The molecule has 182 valence electrons. The second-order valence-electron chi connectivity index (χ2n) is 8.81. The van der Waals surface area contributed by atoms with E-state index in [-0.39, 0.29) is 11.6 Å². The summed E-state index contributed by atoms with van der Waals surface area (Å²) in [6.45, 7) is 0.828. The smallest absolute Gasteiger partial charge is 0.422 e. The van der Waals surface area contributed by atoms with Crippen LogP contribution in [-0.2, 0) is 32.1 Å². The summed E-state index contributed by atoms with van der Waals surface area (Å²) in [6.07, 6.45) is -0.417. The van der Waals surface area contributed by atoms with Gasteiger partial charge in [-0.1, -0.05) is 73.7 Å². The lowest BCUT2D eigenvalue weighted by molar-refractivity contribution is -0.153. The number of alkyl halides is 3. The summed E-state index contributed by atoms with van der Waals surface area (Å²) in [7, 11) is 0. The van der Waals surface area contributed by atoms with Crippen LogP contribution in [0.5, 0.6) is 5.75 Å². The van der Waals surface area contributed by atoms with Crippen LogP contribution in [0.4, 0.5) is 17.6 Å². The van der Waals surface area contributed by atoms with E-state index >= 15 is 4.39 Å². The third-order valence-electron chi connectivity index (χ3n) is 6.24. The van der Waals surface area contributed by atoms with Gasteiger partial charge in [-0.3, -0.25) is 0 Å². The average Bonchev–Trinajstić information content (AvgIpc) is 2.86. The molecule has 4 aromatic rings. The van der Waals surface area contributed by atoms with Crippen molar-refractivity contribution >= 4 is 10.8 Å². The third kappa shape index (κ3) is 6.84. The lowest BCUT2D eigenvalue weighted by Crippen LogP contribution is -2.19. The van der Waals surface area contributed by atoms with Gasteiger partial charge >= 0.3 is 6.18 Å². The molecule has 0 atom stereocenters. The fourth-order valence-corrected chi connectivity index (χ4v) is 4.16.